The lowest BCUT2D eigenvalue weighted by atomic mass is 10.3. The van der Waals surface area contributed by atoms with Crippen molar-refractivity contribution in [3.05, 3.63) is 50.2 Å². The molecule has 0 saturated heterocycles. The number of hydrogen-bond acceptors (Lipinski definition) is 2. The first-order valence-corrected chi connectivity index (χ1v) is 6.46. The van der Waals surface area contributed by atoms with E-state index < -0.39 is 5.82 Å². The van der Waals surface area contributed by atoms with E-state index in [9.17, 15) is 4.39 Å². The van der Waals surface area contributed by atoms with Crippen LogP contribution in [0.2, 0.25) is 5.02 Å². The molecule has 17 heavy (non-hydrogen) atoms. The van der Waals surface area contributed by atoms with Gasteiger partial charge in [0.2, 0.25) is 5.88 Å². The second-order valence-electron chi connectivity index (χ2n) is 3.12. The van der Waals surface area contributed by atoms with Gasteiger partial charge in [-0.1, -0.05) is 27.5 Å². The molecule has 2 aromatic rings. The minimum absolute atomic E-state index is 0.0925. The Morgan fingerprint density at radius 3 is 2.71 bits per heavy atom. The minimum atomic E-state index is -0.461. The zero-order valence-corrected chi connectivity index (χ0v) is 12.2. The summed E-state index contributed by atoms with van der Waals surface area (Å²) in [5.41, 5.74) is 0. The Hall–Kier alpha value is -0.650. The van der Waals surface area contributed by atoms with Crippen molar-refractivity contribution in [2.75, 3.05) is 0 Å². The van der Waals surface area contributed by atoms with E-state index in [0.717, 1.165) is 4.47 Å². The molecule has 0 bridgehead atoms. The summed E-state index contributed by atoms with van der Waals surface area (Å²) in [5.74, 6) is -0.113. The fourth-order valence-corrected chi connectivity index (χ4v) is 2.20. The van der Waals surface area contributed by atoms with Gasteiger partial charge in [0.1, 0.15) is 0 Å². The number of nitrogens with zero attached hydrogens (tertiary/aromatic N) is 1. The molecule has 1 heterocycles. The van der Waals surface area contributed by atoms with E-state index in [0.29, 0.717) is 9.50 Å². The van der Waals surface area contributed by atoms with Crippen LogP contribution in [0.5, 0.6) is 11.6 Å². The van der Waals surface area contributed by atoms with Crippen LogP contribution in [-0.2, 0) is 0 Å². The molecule has 0 aliphatic carbocycles. The Balaban J connectivity index is 2.34. The highest BCUT2D eigenvalue weighted by atomic mass is 79.9. The third-order valence-electron chi connectivity index (χ3n) is 1.87. The van der Waals surface area contributed by atoms with Gasteiger partial charge in [-0.3, -0.25) is 0 Å². The van der Waals surface area contributed by atoms with E-state index in [2.05, 4.69) is 36.8 Å². The summed E-state index contributed by atoms with van der Waals surface area (Å²) >= 11 is 12.2. The molecular weight excluding hydrogens is 376 g/mol. The summed E-state index contributed by atoms with van der Waals surface area (Å²) in [6.07, 6.45) is 1.43. The predicted octanol–water partition coefficient (Wildman–Crippen LogP) is 5.19. The Labute approximate surface area is 119 Å². The molecule has 0 spiro atoms. The Bertz CT molecular complexity index is 565. The molecule has 1 aromatic carbocycles. The lowest BCUT2D eigenvalue weighted by Gasteiger charge is -2.07. The number of aromatic nitrogens is 1. The first-order valence-electron chi connectivity index (χ1n) is 4.50. The van der Waals surface area contributed by atoms with Crippen molar-refractivity contribution < 1.29 is 9.13 Å². The largest absolute Gasteiger partial charge is 0.435 e. The van der Waals surface area contributed by atoms with E-state index in [4.69, 9.17) is 16.3 Å². The topological polar surface area (TPSA) is 22.1 Å². The van der Waals surface area contributed by atoms with Crippen LogP contribution in [0.25, 0.3) is 0 Å². The number of ether oxygens (including phenoxy) is 1. The number of rotatable bonds is 2. The predicted molar refractivity (Wildman–Crippen MR) is 71.1 cm³/mol. The number of pyridine rings is 1. The summed E-state index contributed by atoms with van der Waals surface area (Å²) < 4.78 is 20.1. The van der Waals surface area contributed by atoms with Crippen LogP contribution >= 0.6 is 43.5 Å². The number of halogens is 4. The monoisotopic (exact) mass is 379 g/mol. The smallest absolute Gasteiger partial charge is 0.233 e. The van der Waals surface area contributed by atoms with Crippen molar-refractivity contribution in [3.63, 3.8) is 0 Å². The molecule has 2 nitrogen and oxygen atoms in total. The molecule has 88 valence electrons. The summed E-state index contributed by atoms with van der Waals surface area (Å²) in [7, 11) is 0. The zero-order valence-electron chi connectivity index (χ0n) is 8.25. The fraction of sp³-hybridized carbons (Fsp3) is 0. The minimum Gasteiger partial charge on any atom is -0.435 e. The maximum Gasteiger partial charge on any atom is 0.233 e. The van der Waals surface area contributed by atoms with E-state index in [1.165, 1.54) is 18.3 Å². The normalized spacial score (nSPS) is 10.4. The van der Waals surface area contributed by atoms with Crippen LogP contribution in [0.1, 0.15) is 0 Å². The van der Waals surface area contributed by atoms with Gasteiger partial charge in [-0.05, 0) is 40.2 Å². The number of benzene rings is 1. The summed E-state index contributed by atoms with van der Waals surface area (Å²) in [5, 5.41) is 0.471. The Kier molecular flexibility index (Phi) is 4.01. The van der Waals surface area contributed by atoms with Crippen LogP contribution in [0.3, 0.4) is 0 Å². The molecule has 0 saturated carbocycles. The van der Waals surface area contributed by atoms with Crippen LogP contribution in [-0.4, -0.2) is 4.98 Å². The van der Waals surface area contributed by atoms with E-state index in [-0.39, 0.29) is 11.6 Å². The van der Waals surface area contributed by atoms with Crippen LogP contribution in [0.4, 0.5) is 4.39 Å². The van der Waals surface area contributed by atoms with Gasteiger partial charge in [-0.2, -0.15) is 0 Å². The quantitative estimate of drug-likeness (QED) is 0.714. The first-order chi connectivity index (χ1) is 8.06. The third kappa shape index (κ3) is 3.18. The van der Waals surface area contributed by atoms with Gasteiger partial charge in [0.25, 0.3) is 0 Å². The molecule has 2 rings (SSSR count). The van der Waals surface area contributed by atoms with Gasteiger partial charge in [0.15, 0.2) is 11.6 Å². The molecule has 0 aliphatic rings. The summed E-state index contributed by atoms with van der Waals surface area (Å²) in [4.78, 5) is 3.96. The highest BCUT2D eigenvalue weighted by Gasteiger charge is 2.09. The zero-order chi connectivity index (χ0) is 12.4. The van der Waals surface area contributed by atoms with Crippen molar-refractivity contribution >= 4 is 43.5 Å². The fourth-order valence-electron chi connectivity index (χ4n) is 1.14. The molecule has 0 atom stereocenters. The second kappa shape index (κ2) is 5.33. The molecule has 0 fully saturated rings. The summed E-state index contributed by atoms with van der Waals surface area (Å²) in [6, 6.07) is 6.05. The standard InChI is InChI=1S/C11H5Br2ClFNO/c12-6-1-2-9(15)10(3-6)17-11-8(13)4-7(14)5-16-11/h1-5H. The highest BCUT2D eigenvalue weighted by molar-refractivity contribution is 9.10. The molecule has 0 aliphatic heterocycles. The molecule has 0 amide bonds. The van der Waals surface area contributed by atoms with Gasteiger partial charge in [0, 0.05) is 10.7 Å². The van der Waals surface area contributed by atoms with E-state index in [1.54, 1.807) is 12.1 Å². The average Bonchev–Trinajstić information content (AvgIpc) is 2.27. The van der Waals surface area contributed by atoms with Crippen molar-refractivity contribution in [1.29, 1.82) is 0 Å². The van der Waals surface area contributed by atoms with E-state index in [1.807, 2.05) is 0 Å². The SMILES string of the molecule is Fc1ccc(Br)cc1Oc1ncc(Cl)cc1Br. The van der Waals surface area contributed by atoms with Gasteiger partial charge in [-0.15, -0.1) is 0 Å². The van der Waals surface area contributed by atoms with Crippen molar-refractivity contribution in [3.8, 4) is 11.6 Å². The second-order valence-corrected chi connectivity index (χ2v) is 5.32. The molecule has 0 radical (unpaired) electrons. The van der Waals surface area contributed by atoms with Gasteiger partial charge < -0.3 is 4.74 Å². The molecular formula is C11H5Br2ClFNO. The van der Waals surface area contributed by atoms with Crippen LogP contribution in [0, 0.1) is 5.82 Å². The van der Waals surface area contributed by atoms with Crippen molar-refractivity contribution in [2.24, 2.45) is 0 Å². The van der Waals surface area contributed by atoms with Crippen LogP contribution < -0.4 is 4.74 Å². The molecule has 0 N–H and O–H groups in total. The van der Waals surface area contributed by atoms with E-state index >= 15 is 0 Å². The highest BCUT2D eigenvalue weighted by Crippen LogP contribution is 2.31. The molecule has 6 heteroatoms. The van der Waals surface area contributed by atoms with Crippen molar-refractivity contribution in [2.45, 2.75) is 0 Å². The van der Waals surface area contributed by atoms with Gasteiger partial charge in [0.05, 0.1) is 9.50 Å². The van der Waals surface area contributed by atoms with Crippen molar-refractivity contribution in [1.82, 2.24) is 4.98 Å². The Morgan fingerprint density at radius 1 is 1.24 bits per heavy atom. The molecule has 1 aromatic heterocycles. The number of hydrogen-bond donors (Lipinski definition) is 0. The van der Waals surface area contributed by atoms with Crippen LogP contribution in [0.15, 0.2) is 39.4 Å². The average molecular weight is 381 g/mol. The maximum absolute atomic E-state index is 13.5. The lowest BCUT2D eigenvalue weighted by Crippen LogP contribution is -1.92. The van der Waals surface area contributed by atoms with Gasteiger partial charge >= 0.3 is 0 Å². The Morgan fingerprint density at radius 2 is 2.00 bits per heavy atom. The maximum atomic E-state index is 13.5. The summed E-state index contributed by atoms with van der Waals surface area (Å²) in [6.45, 7) is 0. The third-order valence-corrected chi connectivity index (χ3v) is 3.14. The lowest BCUT2D eigenvalue weighted by molar-refractivity contribution is 0.424. The first kappa shape index (κ1) is 12.8. The van der Waals surface area contributed by atoms with Gasteiger partial charge in [-0.25, -0.2) is 9.37 Å². The molecule has 0 unspecified atom stereocenters.